The SMILES string of the molecule is O=C(OCC1O[C@@H](Oc2c(-c3ccc(O)c(O)c3)oc3cc(O)cc(O)c3c2=O)C(OC(=O)c2cc(O)c(O)c(O)c2)[C@@H](O)[C@H]1O)c1cc(O)c(O)c(O)c1. The van der Waals surface area contributed by atoms with Gasteiger partial charge in [0.25, 0.3) is 0 Å². The van der Waals surface area contributed by atoms with E-state index in [-0.39, 0.29) is 5.56 Å². The lowest BCUT2D eigenvalue weighted by Gasteiger charge is -2.41. The Morgan fingerprint density at radius 3 is 1.82 bits per heavy atom. The zero-order chi connectivity index (χ0) is 40.0. The highest BCUT2D eigenvalue weighted by Gasteiger charge is 2.49. The van der Waals surface area contributed by atoms with Crippen molar-refractivity contribution in [3.63, 3.8) is 0 Å². The number of rotatable bonds is 8. The van der Waals surface area contributed by atoms with Gasteiger partial charge in [0.1, 0.15) is 47.4 Å². The summed E-state index contributed by atoms with van der Waals surface area (Å²) in [4.78, 5) is 40.0. The van der Waals surface area contributed by atoms with Crippen LogP contribution in [0, 0.1) is 0 Å². The molecule has 288 valence electrons. The molecule has 1 aromatic heterocycles. The molecule has 5 aromatic rings. The second-order valence-corrected chi connectivity index (χ2v) is 12.0. The molecule has 0 aliphatic carbocycles. The fourth-order valence-corrected chi connectivity index (χ4v) is 5.49. The predicted octanol–water partition coefficient (Wildman–Crippen LogP) is 1.42. The lowest BCUT2D eigenvalue weighted by atomic mass is 9.98. The summed E-state index contributed by atoms with van der Waals surface area (Å²) in [7, 11) is 0. The van der Waals surface area contributed by atoms with Crippen molar-refractivity contribution in [2.24, 2.45) is 0 Å². The molecule has 1 aliphatic rings. The number of carbonyl (C=O) groups is 2. The van der Waals surface area contributed by atoms with Crippen LogP contribution in [0.4, 0.5) is 0 Å². The minimum atomic E-state index is -2.23. The third-order valence-corrected chi connectivity index (χ3v) is 8.27. The van der Waals surface area contributed by atoms with E-state index in [2.05, 4.69) is 0 Å². The van der Waals surface area contributed by atoms with Crippen LogP contribution in [-0.4, -0.2) is 111 Å². The number of aliphatic hydroxyl groups is 2. The molecule has 1 fully saturated rings. The summed E-state index contributed by atoms with van der Waals surface area (Å²) in [5.74, 6) is -12.4. The second-order valence-electron chi connectivity index (χ2n) is 12.0. The van der Waals surface area contributed by atoms with Gasteiger partial charge < -0.3 is 84.6 Å². The number of phenols is 10. The van der Waals surface area contributed by atoms with Gasteiger partial charge in [-0.25, -0.2) is 9.59 Å². The maximum atomic E-state index is 14.0. The molecule has 0 saturated carbocycles. The Kier molecular flexibility index (Phi) is 9.72. The van der Waals surface area contributed by atoms with Crippen LogP contribution in [0.3, 0.4) is 0 Å². The molecule has 4 aromatic carbocycles. The molecular weight excluding hydrogens is 740 g/mol. The Bertz CT molecular complexity index is 2350. The number of hydrogen-bond acceptors (Lipinski definition) is 20. The molecule has 20 nitrogen and oxygen atoms in total. The molecule has 0 spiro atoms. The highest BCUT2D eigenvalue weighted by atomic mass is 16.7. The standard InChI is InChI=1S/C35H28O20/c36-14-8-17(39)24-22(9-14)52-30(11-1-2-15(37)16(38)3-11)31(28(24)47)55-35-32(54-34(50)13-6-20(42)26(45)21(43)7-13)29(48)27(46)23(53-35)10-51-33(49)12-4-18(40)25(44)19(41)5-12/h1-9,23,27,29,32,35-46,48H,10H2/t23?,27-,29-,32?,35-/m0/s1. The number of aromatic hydroxyl groups is 10. The van der Waals surface area contributed by atoms with E-state index in [1.165, 1.54) is 0 Å². The molecule has 55 heavy (non-hydrogen) atoms. The van der Waals surface area contributed by atoms with Crippen molar-refractivity contribution < 1.29 is 94.2 Å². The van der Waals surface area contributed by atoms with Crippen LogP contribution in [0.25, 0.3) is 22.3 Å². The fourth-order valence-electron chi connectivity index (χ4n) is 5.49. The molecule has 1 saturated heterocycles. The van der Waals surface area contributed by atoms with E-state index < -0.39 is 146 Å². The summed E-state index contributed by atoms with van der Waals surface area (Å²) in [6, 6.07) is 7.64. The molecular formula is C35H28O20. The van der Waals surface area contributed by atoms with Crippen LogP contribution >= 0.6 is 0 Å². The number of esters is 2. The number of phenolic OH excluding ortho intramolecular Hbond substituents is 10. The Morgan fingerprint density at radius 2 is 1.24 bits per heavy atom. The maximum Gasteiger partial charge on any atom is 0.339 e. The van der Waals surface area contributed by atoms with E-state index >= 15 is 0 Å². The van der Waals surface area contributed by atoms with Crippen LogP contribution in [0.15, 0.2) is 63.8 Å². The van der Waals surface area contributed by atoms with Crippen molar-refractivity contribution in [2.45, 2.75) is 30.7 Å². The van der Waals surface area contributed by atoms with Crippen molar-refractivity contribution in [2.75, 3.05) is 6.61 Å². The van der Waals surface area contributed by atoms with Crippen LogP contribution < -0.4 is 10.2 Å². The van der Waals surface area contributed by atoms with Gasteiger partial charge in [-0.05, 0) is 42.5 Å². The normalized spacial score (nSPS) is 19.5. The second kappa shape index (κ2) is 14.3. The first-order valence-corrected chi connectivity index (χ1v) is 15.6. The molecule has 2 heterocycles. The lowest BCUT2D eigenvalue weighted by Crippen LogP contribution is -2.61. The highest BCUT2D eigenvalue weighted by Crippen LogP contribution is 2.41. The van der Waals surface area contributed by atoms with Gasteiger partial charge in [0, 0.05) is 17.7 Å². The van der Waals surface area contributed by atoms with Crippen LogP contribution in [0.2, 0.25) is 0 Å². The van der Waals surface area contributed by atoms with Crippen LogP contribution in [-0.2, 0) is 14.2 Å². The molecule has 0 radical (unpaired) electrons. The average Bonchev–Trinajstić information content (AvgIpc) is 3.13. The van der Waals surface area contributed by atoms with E-state index in [4.69, 9.17) is 23.4 Å². The predicted molar refractivity (Wildman–Crippen MR) is 178 cm³/mol. The number of carbonyl (C=O) groups excluding carboxylic acids is 2. The van der Waals surface area contributed by atoms with E-state index in [0.717, 1.165) is 42.5 Å². The summed E-state index contributed by atoms with van der Waals surface area (Å²) in [6.45, 7) is -0.940. The third-order valence-electron chi connectivity index (χ3n) is 8.27. The highest BCUT2D eigenvalue weighted by molar-refractivity contribution is 5.92. The third kappa shape index (κ3) is 7.10. The molecule has 0 bridgehead atoms. The first-order chi connectivity index (χ1) is 25.9. The van der Waals surface area contributed by atoms with E-state index in [1.807, 2.05) is 0 Å². The van der Waals surface area contributed by atoms with Crippen molar-refractivity contribution in [1.29, 1.82) is 0 Å². The largest absolute Gasteiger partial charge is 0.508 e. The number of aliphatic hydroxyl groups excluding tert-OH is 2. The number of ether oxygens (including phenoxy) is 4. The topological polar surface area (TPSA) is 344 Å². The van der Waals surface area contributed by atoms with Gasteiger partial charge in [-0.15, -0.1) is 0 Å². The van der Waals surface area contributed by atoms with E-state index in [1.54, 1.807) is 0 Å². The summed E-state index contributed by atoms with van der Waals surface area (Å²) in [6.07, 6.45) is -10.5. The molecule has 0 amide bonds. The molecule has 20 heteroatoms. The van der Waals surface area contributed by atoms with Gasteiger partial charge in [0.2, 0.25) is 17.5 Å². The van der Waals surface area contributed by atoms with E-state index in [9.17, 15) is 75.7 Å². The zero-order valence-electron chi connectivity index (χ0n) is 27.4. The summed E-state index contributed by atoms with van der Waals surface area (Å²) < 4.78 is 27.9. The van der Waals surface area contributed by atoms with Gasteiger partial charge in [0.05, 0.1) is 11.1 Å². The summed E-state index contributed by atoms with van der Waals surface area (Å²) >= 11 is 0. The first kappa shape index (κ1) is 37.5. The quantitative estimate of drug-likeness (QED) is 0.0784. The van der Waals surface area contributed by atoms with Crippen LogP contribution in [0.5, 0.6) is 63.2 Å². The summed E-state index contributed by atoms with van der Waals surface area (Å²) in [5.41, 5.74) is -2.86. The lowest BCUT2D eigenvalue weighted by molar-refractivity contribution is -0.276. The Labute approximate surface area is 304 Å². The van der Waals surface area contributed by atoms with Crippen LogP contribution in [0.1, 0.15) is 20.7 Å². The number of fused-ring (bicyclic) bond motifs is 1. The molecule has 1 aliphatic heterocycles. The van der Waals surface area contributed by atoms with Gasteiger partial charge in [-0.2, -0.15) is 0 Å². The monoisotopic (exact) mass is 768 g/mol. The number of hydrogen-bond donors (Lipinski definition) is 12. The van der Waals surface area contributed by atoms with Crippen molar-refractivity contribution in [1.82, 2.24) is 0 Å². The maximum absolute atomic E-state index is 14.0. The van der Waals surface area contributed by atoms with Gasteiger partial charge in [-0.1, -0.05) is 0 Å². The minimum Gasteiger partial charge on any atom is -0.508 e. The fraction of sp³-hybridized carbons (Fsp3) is 0.171. The Balaban J connectivity index is 1.42. The van der Waals surface area contributed by atoms with E-state index in [0.29, 0.717) is 12.1 Å². The average molecular weight is 769 g/mol. The first-order valence-electron chi connectivity index (χ1n) is 15.6. The molecule has 6 rings (SSSR count). The number of benzene rings is 4. The Morgan fingerprint density at radius 1 is 0.655 bits per heavy atom. The minimum absolute atomic E-state index is 0.169. The molecule has 5 atom stereocenters. The van der Waals surface area contributed by atoms with Gasteiger partial charge >= 0.3 is 11.9 Å². The van der Waals surface area contributed by atoms with Crippen molar-refractivity contribution in [3.05, 3.63) is 75.9 Å². The molecule has 12 N–H and O–H groups in total. The van der Waals surface area contributed by atoms with Gasteiger partial charge in [-0.3, -0.25) is 4.79 Å². The Hall–Kier alpha value is -7.29. The molecule has 2 unspecified atom stereocenters. The zero-order valence-corrected chi connectivity index (χ0v) is 27.4. The van der Waals surface area contributed by atoms with Crippen molar-refractivity contribution in [3.8, 4) is 74.6 Å². The van der Waals surface area contributed by atoms with Crippen molar-refractivity contribution >= 4 is 22.9 Å². The smallest absolute Gasteiger partial charge is 0.339 e. The van der Waals surface area contributed by atoms with Gasteiger partial charge in [0.15, 0.2) is 57.9 Å². The summed E-state index contributed by atoms with van der Waals surface area (Å²) in [5, 5.41) is 121.